The van der Waals surface area contributed by atoms with Gasteiger partial charge in [0, 0.05) is 17.8 Å². The lowest BCUT2D eigenvalue weighted by Crippen LogP contribution is -2.35. The molecule has 0 radical (unpaired) electrons. The normalized spacial score (nSPS) is 27.6. The zero-order valence-corrected chi connectivity index (χ0v) is 19.0. The molecule has 3 aromatic rings. The van der Waals surface area contributed by atoms with E-state index in [1.807, 2.05) is 24.3 Å². The van der Waals surface area contributed by atoms with Gasteiger partial charge in [-0.3, -0.25) is 4.79 Å². The number of rotatable bonds is 4. The summed E-state index contributed by atoms with van der Waals surface area (Å²) < 4.78 is 10.8. The number of anilines is 1. The summed E-state index contributed by atoms with van der Waals surface area (Å²) in [4.78, 5) is 13.1. The maximum absolute atomic E-state index is 13.1. The Hall–Kier alpha value is -3.47. The molecule has 3 aromatic carbocycles. The SMILES string of the molecule is O=C(NCc1ccc2c(c1)OCO2)c1ccc2c(c1)[C@H]1[C@@H]3CC[C@@H](C3)[C@@H]1[C@@H](c1ccccc1)N2. The lowest BCUT2D eigenvalue weighted by Gasteiger charge is -2.43. The third kappa shape index (κ3) is 3.17. The van der Waals surface area contributed by atoms with Crippen molar-refractivity contribution >= 4 is 11.6 Å². The van der Waals surface area contributed by atoms with Crippen LogP contribution in [0.1, 0.15) is 58.3 Å². The number of carbonyl (C=O) groups is 1. The van der Waals surface area contributed by atoms with Gasteiger partial charge in [-0.2, -0.15) is 0 Å². The average molecular weight is 453 g/mol. The number of carbonyl (C=O) groups excluding carboxylic acids is 1. The summed E-state index contributed by atoms with van der Waals surface area (Å²) in [7, 11) is 0. The largest absolute Gasteiger partial charge is 0.454 e. The summed E-state index contributed by atoms with van der Waals surface area (Å²) in [5.41, 5.74) is 5.63. The van der Waals surface area contributed by atoms with E-state index in [1.165, 1.54) is 36.1 Å². The number of benzene rings is 3. The van der Waals surface area contributed by atoms with Crippen molar-refractivity contribution in [3.63, 3.8) is 0 Å². The maximum atomic E-state index is 13.1. The molecule has 5 nitrogen and oxygen atoms in total. The van der Waals surface area contributed by atoms with Crippen LogP contribution in [0.25, 0.3) is 0 Å². The molecule has 0 unspecified atom stereocenters. The van der Waals surface area contributed by atoms with E-state index in [1.54, 1.807) is 0 Å². The highest BCUT2D eigenvalue weighted by Crippen LogP contribution is 2.63. The Morgan fingerprint density at radius 2 is 1.79 bits per heavy atom. The molecule has 2 aliphatic carbocycles. The van der Waals surface area contributed by atoms with E-state index in [9.17, 15) is 4.79 Å². The van der Waals surface area contributed by atoms with Gasteiger partial charge in [0.15, 0.2) is 11.5 Å². The number of amides is 1. The minimum absolute atomic E-state index is 0.0367. The van der Waals surface area contributed by atoms with Crippen molar-refractivity contribution in [2.75, 3.05) is 12.1 Å². The molecule has 4 aliphatic rings. The zero-order valence-electron chi connectivity index (χ0n) is 19.0. The molecule has 0 aromatic heterocycles. The van der Waals surface area contributed by atoms with Crippen molar-refractivity contribution in [3.8, 4) is 11.5 Å². The first-order chi connectivity index (χ1) is 16.7. The Kier molecular flexibility index (Phi) is 4.57. The molecular weight excluding hydrogens is 424 g/mol. The van der Waals surface area contributed by atoms with Gasteiger partial charge < -0.3 is 20.1 Å². The third-order valence-electron chi connectivity index (χ3n) is 8.40. The number of ether oxygens (including phenoxy) is 2. The number of hydrogen-bond donors (Lipinski definition) is 2. The van der Waals surface area contributed by atoms with Crippen LogP contribution in [-0.4, -0.2) is 12.7 Å². The molecule has 2 fully saturated rings. The molecular formula is C29H28N2O3. The summed E-state index contributed by atoms with van der Waals surface area (Å²) in [5, 5.41) is 6.95. The molecule has 172 valence electrons. The smallest absolute Gasteiger partial charge is 0.251 e. The fourth-order valence-electron chi connectivity index (χ4n) is 6.95. The monoisotopic (exact) mass is 452 g/mol. The first kappa shape index (κ1) is 20.0. The molecule has 1 amide bonds. The van der Waals surface area contributed by atoms with Crippen LogP contribution in [0.4, 0.5) is 5.69 Å². The minimum Gasteiger partial charge on any atom is -0.454 e. The van der Waals surface area contributed by atoms with E-state index in [4.69, 9.17) is 9.47 Å². The Bertz CT molecular complexity index is 1260. The van der Waals surface area contributed by atoms with E-state index >= 15 is 0 Å². The summed E-state index contributed by atoms with van der Waals surface area (Å²) >= 11 is 0. The van der Waals surface area contributed by atoms with Crippen molar-refractivity contribution in [2.24, 2.45) is 17.8 Å². The Morgan fingerprint density at radius 3 is 2.71 bits per heavy atom. The molecule has 5 atom stereocenters. The molecule has 2 N–H and O–H groups in total. The van der Waals surface area contributed by atoms with E-state index < -0.39 is 0 Å². The van der Waals surface area contributed by atoms with Crippen molar-refractivity contribution in [2.45, 2.75) is 37.8 Å². The maximum Gasteiger partial charge on any atom is 0.251 e. The molecule has 0 spiro atoms. The molecule has 2 heterocycles. The topological polar surface area (TPSA) is 59.6 Å². The van der Waals surface area contributed by atoms with Crippen molar-refractivity contribution < 1.29 is 14.3 Å². The van der Waals surface area contributed by atoms with Crippen LogP contribution in [0.5, 0.6) is 11.5 Å². The Balaban J connectivity index is 1.15. The van der Waals surface area contributed by atoms with Crippen molar-refractivity contribution in [3.05, 3.63) is 89.0 Å². The van der Waals surface area contributed by atoms with Crippen LogP contribution < -0.4 is 20.1 Å². The first-order valence-electron chi connectivity index (χ1n) is 12.4. The molecule has 0 saturated heterocycles. The molecule has 5 heteroatoms. The average Bonchev–Trinajstić information content (AvgIpc) is 3.63. The van der Waals surface area contributed by atoms with Gasteiger partial charge >= 0.3 is 0 Å². The van der Waals surface area contributed by atoms with E-state index in [2.05, 4.69) is 53.1 Å². The van der Waals surface area contributed by atoms with Gasteiger partial charge in [0.1, 0.15) is 0 Å². The summed E-state index contributed by atoms with van der Waals surface area (Å²) in [6.07, 6.45) is 3.97. The Morgan fingerprint density at radius 1 is 0.941 bits per heavy atom. The second-order valence-corrected chi connectivity index (χ2v) is 10.1. The van der Waals surface area contributed by atoms with Crippen LogP contribution in [0, 0.1) is 17.8 Å². The van der Waals surface area contributed by atoms with Crippen LogP contribution in [0.2, 0.25) is 0 Å². The summed E-state index contributed by atoms with van der Waals surface area (Å²) in [6, 6.07) is 23.2. The first-order valence-corrected chi connectivity index (χ1v) is 12.4. The van der Waals surface area contributed by atoms with Gasteiger partial charge in [-0.1, -0.05) is 36.4 Å². The van der Waals surface area contributed by atoms with Gasteiger partial charge in [-0.15, -0.1) is 0 Å². The quantitative estimate of drug-likeness (QED) is 0.538. The standard InChI is InChI=1S/C29H28N2O3/c32-29(30-15-17-6-11-24-25(12-17)34-16-33-24)21-9-10-23-22(14-21)26-19-7-8-20(13-19)27(26)28(31-23)18-4-2-1-3-5-18/h1-6,9-12,14,19-20,26-28,31H,7-8,13,15-16H2,(H,30,32)/t19-,20+,26-,27+,28-/m1/s1. The molecule has 7 rings (SSSR count). The lowest BCUT2D eigenvalue weighted by molar-refractivity contribution is 0.0950. The van der Waals surface area contributed by atoms with Crippen LogP contribution in [0.15, 0.2) is 66.7 Å². The van der Waals surface area contributed by atoms with Crippen LogP contribution in [-0.2, 0) is 6.54 Å². The predicted octanol–water partition coefficient (Wildman–Crippen LogP) is 5.64. The van der Waals surface area contributed by atoms with Gasteiger partial charge in [-0.25, -0.2) is 0 Å². The molecule has 34 heavy (non-hydrogen) atoms. The number of nitrogens with one attached hydrogen (secondary N) is 2. The lowest BCUT2D eigenvalue weighted by atomic mass is 9.68. The van der Waals surface area contributed by atoms with Crippen LogP contribution in [0.3, 0.4) is 0 Å². The number of hydrogen-bond acceptors (Lipinski definition) is 4. The van der Waals surface area contributed by atoms with Gasteiger partial charge in [0.2, 0.25) is 6.79 Å². The zero-order chi connectivity index (χ0) is 22.6. The molecule has 2 aliphatic heterocycles. The molecule has 2 saturated carbocycles. The third-order valence-corrected chi connectivity index (χ3v) is 8.40. The predicted molar refractivity (Wildman–Crippen MR) is 130 cm³/mol. The van der Waals surface area contributed by atoms with Gasteiger partial charge in [0.25, 0.3) is 5.91 Å². The number of fused-ring (bicyclic) bond motifs is 8. The minimum atomic E-state index is -0.0367. The van der Waals surface area contributed by atoms with E-state index in [0.29, 0.717) is 24.4 Å². The highest BCUT2D eigenvalue weighted by Gasteiger charge is 2.53. The highest BCUT2D eigenvalue weighted by atomic mass is 16.7. The fraction of sp³-hybridized carbons (Fsp3) is 0.345. The van der Waals surface area contributed by atoms with Crippen molar-refractivity contribution in [1.82, 2.24) is 5.32 Å². The molecule has 2 bridgehead atoms. The van der Waals surface area contributed by atoms with E-state index in [0.717, 1.165) is 34.5 Å². The highest BCUT2D eigenvalue weighted by molar-refractivity contribution is 5.95. The second kappa shape index (κ2) is 7.79. The summed E-state index contributed by atoms with van der Waals surface area (Å²) in [5.74, 6) is 4.08. The van der Waals surface area contributed by atoms with Crippen molar-refractivity contribution in [1.29, 1.82) is 0 Å². The van der Waals surface area contributed by atoms with E-state index in [-0.39, 0.29) is 12.7 Å². The van der Waals surface area contributed by atoms with Crippen LogP contribution >= 0.6 is 0 Å². The van der Waals surface area contributed by atoms with Gasteiger partial charge in [0.05, 0.1) is 6.04 Å². The fourth-order valence-corrected chi connectivity index (χ4v) is 6.95. The second-order valence-electron chi connectivity index (χ2n) is 10.1. The van der Waals surface area contributed by atoms with Gasteiger partial charge in [-0.05, 0) is 90.0 Å². The summed E-state index contributed by atoms with van der Waals surface area (Å²) in [6.45, 7) is 0.709. The Labute approximate surface area is 199 Å².